The Hall–Kier alpha value is -2.44. The van der Waals surface area contributed by atoms with Crippen LogP contribution in [0.3, 0.4) is 0 Å². The Morgan fingerprint density at radius 1 is 1.15 bits per heavy atom. The molecule has 1 heterocycles. The van der Waals surface area contributed by atoms with Gasteiger partial charge in [0.1, 0.15) is 5.58 Å². The highest BCUT2D eigenvalue weighted by Gasteiger charge is 2.11. The van der Waals surface area contributed by atoms with Gasteiger partial charge in [0, 0.05) is 28.2 Å². The molecule has 1 amide bonds. The Bertz CT molecular complexity index is 996. The number of halogens is 1. The van der Waals surface area contributed by atoms with Gasteiger partial charge in [-0.1, -0.05) is 33.6 Å². The van der Waals surface area contributed by atoms with Crippen molar-refractivity contribution in [1.29, 1.82) is 0 Å². The zero-order chi connectivity index (χ0) is 18.7. The molecule has 6 heteroatoms. The molecule has 0 spiro atoms. The molecule has 0 radical (unpaired) electrons. The molecule has 1 aromatic heterocycles. The van der Waals surface area contributed by atoms with Gasteiger partial charge < -0.3 is 9.73 Å². The van der Waals surface area contributed by atoms with Crippen LogP contribution < -0.4 is 10.9 Å². The summed E-state index contributed by atoms with van der Waals surface area (Å²) in [6.45, 7) is 2.68. The number of nitrogens with zero attached hydrogens (tertiary/aromatic N) is 1. The maximum absolute atomic E-state index is 12.2. The lowest BCUT2D eigenvalue weighted by Gasteiger charge is -2.17. The average Bonchev–Trinajstić information content (AvgIpc) is 2.56. The van der Waals surface area contributed by atoms with Gasteiger partial charge in [-0.3, -0.25) is 9.69 Å². The topological polar surface area (TPSA) is 62.6 Å². The summed E-state index contributed by atoms with van der Waals surface area (Å²) in [5, 5.41) is 3.73. The van der Waals surface area contributed by atoms with E-state index in [0.29, 0.717) is 12.1 Å². The summed E-state index contributed by atoms with van der Waals surface area (Å²) in [5.74, 6) is -0.105. The number of likely N-dealkylation sites (N-methyl/N-ethyl adjacent to an activating group) is 1. The number of rotatable bonds is 5. The molecule has 0 saturated heterocycles. The minimum absolute atomic E-state index is 0.105. The maximum atomic E-state index is 12.2. The van der Waals surface area contributed by atoms with E-state index in [4.69, 9.17) is 4.42 Å². The van der Waals surface area contributed by atoms with Crippen molar-refractivity contribution in [3.8, 4) is 0 Å². The van der Waals surface area contributed by atoms with Crippen molar-refractivity contribution in [2.24, 2.45) is 0 Å². The zero-order valence-corrected chi connectivity index (χ0v) is 16.2. The minimum atomic E-state index is -0.400. The number of amides is 1. The summed E-state index contributed by atoms with van der Waals surface area (Å²) in [6.07, 6.45) is 0. The van der Waals surface area contributed by atoms with E-state index in [-0.39, 0.29) is 12.5 Å². The van der Waals surface area contributed by atoms with Gasteiger partial charge in [-0.15, -0.1) is 0 Å². The molecule has 0 aliphatic carbocycles. The van der Waals surface area contributed by atoms with E-state index in [0.717, 1.165) is 26.7 Å². The van der Waals surface area contributed by atoms with Gasteiger partial charge in [0.15, 0.2) is 0 Å². The van der Waals surface area contributed by atoms with Crippen LogP contribution in [0.25, 0.3) is 11.0 Å². The summed E-state index contributed by atoms with van der Waals surface area (Å²) < 4.78 is 6.09. The van der Waals surface area contributed by atoms with Gasteiger partial charge in [-0.2, -0.15) is 0 Å². The molecule has 26 heavy (non-hydrogen) atoms. The Morgan fingerprint density at radius 2 is 1.88 bits per heavy atom. The molecule has 0 saturated carbocycles. The number of carbonyl (C=O) groups excluding carboxylic acids is 1. The van der Waals surface area contributed by atoms with E-state index >= 15 is 0 Å². The van der Waals surface area contributed by atoms with Gasteiger partial charge >= 0.3 is 5.63 Å². The fourth-order valence-corrected chi connectivity index (χ4v) is 3.10. The highest BCUT2D eigenvalue weighted by Crippen LogP contribution is 2.22. The predicted octanol–water partition coefficient (Wildman–Crippen LogP) is 3.93. The third-order valence-corrected chi connectivity index (χ3v) is 4.47. The molecule has 3 aromatic rings. The van der Waals surface area contributed by atoms with E-state index < -0.39 is 5.63 Å². The van der Waals surface area contributed by atoms with Crippen LogP contribution in [-0.2, 0) is 11.3 Å². The average molecular weight is 415 g/mol. The number of hydrogen-bond donors (Lipinski definition) is 1. The lowest BCUT2D eigenvalue weighted by Crippen LogP contribution is -2.30. The third kappa shape index (κ3) is 4.59. The van der Waals surface area contributed by atoms with E-state index in [9.17, 15) is 9.59 Å². The van der Waals surface area contributed by atoms with Gasteiger partial charge in [0.2, 0.25) is 5.91 Å². The van der Waals surface area contributed by atoms with E-state index in [2.05, 4.69) is 21.2 Å². The van der Waals surface area contributed by atoms with Crippen LogP contribution in [0.15, 0.2) is 62.2 Å². The second kappa shape index (κ2) is 7.85. The standard InChI is InChI=1S/C20H19BrN2O3/c1-13-3-6-16(7-4-13)22-19(24)12-23(2)11-14-9-20(25)26-18-10-15(21)5-8-17(14)18/h3-10H,11-12H2,1-2H3,(H,22,24). The smallest absolute Gasteiger partial charge is 0.336 e. The molecule has 0 unspecified atom stereocenters. The zero-order valence-electron chi connectivity index (χ0n) is 14.6. The molecule has 3 rings (SSSR count). The molecular formula is C20H19BrN2O3. The molecule has 0 atom stereocenters. The molecule has 134 valence electrons. The Morgan fingerprint density at radius 3 is 2.62 bits per heavy atom. The number of benzene rings is 2. The van der Waals surface area contributed by atoms with Crippen molar-refractivity contribution < 1.29 is 9.21 Å². The van der Waals surface area contributed by atoms with Crippen molar-refractivity contribution >= 4 is 38.5 Å². The van der Waals surface area contributed by atoms with Crippen LogP contribution in [0.1, 0.15) is 11.1 Å². The quantitative estimate of drug-likeness (QED) is 0.642. The first kappa shape index (κ1) is 18.4. The van der Waals surface area contributed by atoms with Gasteiger partial charge in [-0.25, -0.2) is 4.79 Å². The molecule has 0 aliphatic rings. The SMILES string of the molecule is Cc1ccc(NC(=O)CN(C)Cc2cc(=O)oc3cc(Br)ccc23)cc1. The number of hydrogen-bond acceptors (Lipinski definition) is 4. The molecule has 5 nitrogen and oxygen atoms in total. The summed E-state index contributed by atoms with van der Waals surface area (Å²) >= 11 is 3.38. The summed E-state index contributed by atoms with van der Waals surface area (Å²) in [4.78, 5) is 25.9. The second-order valence-electron chi connectivity index (χ2n) is 6.32. The van der Waals surface area contributed by atoms with Gasteiger partial charge in [-0.05, 0) is 49.9 Å². The van der Waals surface area contributed by atoms with E-state index in [1.54, 1.807) is 6.07 Å². The lowest BCUT2D eigenvalue weighted by molar-refractivity contribution is -0.117. The van der Waals surface area contributed by atoms with Crippen LogP contribution in [0.5, 0.6) is 0 Å². The van der Waals surface area contributed by atoms with Crippen molar-refractivity contribution in [2.75, 3.05) is 18.9 Å². The van der Waals surface area contributed by atoms with Crippen molar-refractivity contribution in [3.63, 3.8) is 0 Å². The first-order chi connectivity index (χ1) is 12.4. The molecule has 1 N–H and O–H groups in total. The predicted molar refractivity (Wildman–Crippen MR) is 106 cm³/mol. The largest absolute Gasteiger partial charge is 0.423 e. The minimum Gasteiger partial charge on any atom is -0.423 e. The fourth-order valence-electron chi connectivity index (χ4n) is 2.76. The molecular weight excluding hydrogens is 396 g/mol. The van der Waals surface area contributed by atoms with Crippen LogP contribution in [0, 0.1) is 6.92 Å². The number of aryl methyl sites for hydroxylation is 1. The Labute approximate surface area is 159 Å². The first-order valence-corrected chi connectivity index (χ1v) is 8.97. The first-order valence-electron chi connectivity index (χ1n) is 8.18. The second-order valence-corrected chi connectivity index (χ2v) is 7.23. The van der Waals surface area contributed by atoms with Crippen LogP contribution in [0.2, 0.25) is 0 Å². The van der Waals surface area contributed by atoms with Crippen LogP contribution in [0.4, 0.5) is 5.69 Å². The number of fused-ring (bicyclic) bond motifs is 1. The molecule has 2 aromatic carbocycles. The van der Waals surface area contributed by atoms with Crippen molar-refractivity contribution in [1.82, 2.24) is 4.90 Å². The normalized spacial score (nSPS) is 11.1. The van der Waals surface area contributed by atoms with Crippen LogP contribution in [-0.4, -0.2) is 24.4 Å². The number of carbonyl (C=O) groups is 1. The van der Waals surface area contributed by atoms with E-state index in [1.165, 1.54) is 6.07 Å². The maximum Gasteiger partial charge on any atom is 0.336 e. The number of nitrogens with one attached hydrogen (secondary N) is 1. The highest BCUT2D eigenvalue weighted by atomic mass is 79.9. The van der Waals surface area contributed by atoms with Crippen LogP contribution >= 0.6 is 15.9 Å². The molecule has 0 bridgehead atoms. The van der Waals surface area contributed by atoms with Gasteiger partial charge in [0.05, 0.1) is 6.54 Å². The molecule has 0 aliphatic heterocycles. The molecule has 0 fully saturated rings. The summed E-state index contributed by atoms with van der Waals surface area (Å²) in [6, 6.07) is 14.7. The number of anilines is 1. The summed E-state index contributed by atoms with van der Waals surface area (Å²) in [5.41, 5.74) is 2.86. The highest BCUT2D eigenvalue weighted by molar-refractivity contribution is 9.10. The lowest BCUT2D eigenvalue weighted by atomic mass is 10.1. The third-order valence-electron chi connectivity index (χ3n) is 3.98. The summed E-state index contributed by atoms with van der Waals surface area (Å²) in [7, 11) is 1.84. The van der Waals surface area contributed by atoms with Crippen molar-refractivity contribution in [3.05, 3.63) is 74.6 Å². The monoisotopic (exact) mass is 414 g/mol. The Balaban J connectivity index is 1.70. The Kier molecular flexibility index (Phi) is 5.54. The van der Waals surface area contributed by atoms with Gasteiger partial charge in [0.25, 0.3) is 0 Å². The fraction of sp³-hybridized carbons (Fsp3) is 0.200. The van der Waals surface area contributed by atoms with Crippen molar-refractivity contribution in [2.45, 2.75) is 13.5 Å². The van der Waals surface area contributed by atoms with E-state index in [1.807, 2.05) is 55.3 Å².